The van der Waals surface area contributed by atoms with E-state index in [0.29, 0.717) is 0 Å². The summed E-state index contributed by atoms with van der Waals surface area (Å²) in [7, 11) is 0. The number of rotatable bonds is 6. The summed E-state index contributed by atoms with van der Waals surface area (Å²) in [5.74, 6) is 0.921. The molecule has 86 valence electrons. The molecule has 15 heavy (non-hydrogen) atoms. The zero-order valence-corrected chi connectivity index (χ0v) is 9.75. The van der Waals surface area contributed by atoms with Crippen molar-refractivity contribution in [1.29, 1.82) is 0 Å². The molecule has 0 aromatic rings. The van der Waals surface area contributed by atoms with Crippen molar-refractivity contribution in [3.05, 3.63) is 12.7 Å². The van der Waals surface area contributed by atoms with Gasteiger partial charge in [-0.3, -0.25) is 4.90 Å². The van der Waals surface area contributed by atoms with Gasteiger partial charge in [-0.2, -0.15) is 0 Å². The van der Waals surface area contributed by atoms with E-state index in [4.69, 9.17) is 0 Å². The molecule has 0 spiro atoms. The van der Waals surface area contributed by atoms with Crippen molar-refractivity contribution in [2.45, 2.75) is 38.1 Å². The van der Waals surface area contributed by atoms with E-state index in [-0.39, 0.29) is 0 Å². The molecule has 1 saturated heterocycles. The highest BCUT2D eigenvalue weighted by atomic mass is 15.2. The minimum absolute atomic E-state index is 0.888. The fraction of sp³-hybridized carbons (Fsp3) is 0.846. The first-order valence-electron chi connectivity index (χ1n) is 6.46. The highest BCUT2D eigenvalue weighted by Crippen LogP contribution is 2.27. The maximum atomic E-state index is 3.85. The Bertz CT molecular complexity index is 193. The van der Waals surface area contributed by atoms with Crippen molar-refractivity contribution in [3.8, 4) is 0 Å². The van der Waals surface area contributed by atoms with Gasteiger partial charge in [0.1, 0.15) is 0 Å². The molecule has 1 aliphatic carbocycles. The van der Waals surface area contributed by atoms with Gasteiger partial charge in [-0.15, -0.1) is 6.58 Å². The van der Waals surface area contributed by atoms with Crippen molar-refractivity contribution in [2.75, 3.05) is 26.2 Å². The second-order valence-corrected chi connectivity index (χ2v) is 5.02. The zero-order chi connectivity index (χ0) is 10.5. The first kappa shape index (κ1) is 11.2. The second-order valence-electron chi connectivity index (χ2n) is 5.02. The topological polar surface area (TPSA) is 15.3 Å². The lowest BCUT2D eigenvalue weighted by Crippen LogP contribution is -2.34. The summed E-state index contributed by atoms with van der Waals surface area (Å²) >= 11 is 0. The Labute approximate surface area is 93.7 Å². The smallest absolute Gasteiger partial charge is 0.0163 e. The molecule has 0 aromatic carbocycles. The Morgan fingerprint density at radius 2 is 2.20 bits per heavy atom. The Kier molecular flexibility index (Phi) is 4.21. The van der Waals surface area contributed by atoms with Crippen LogP contribution in [0.15, 0.2) is 12.7 Å². The second kappa shape index (κ2) is 5.66. The van der Waals surface area contributed by atoms with Crippen LogP contribution in [0.5, 0.6) is 0 Å². The molecule has 0 amide bonds. The van der Waals surface area contributed by atoms with E-state index >= 15 is 0 Å². The molecular formula is C13H24N2. The van der Waals surface area contributed by atoms with Crippen LogP contribution in [0.2, 0.25) is 0 Å². The monoisotopic (exact) mass is 208 g/mol. The van der Waals surface area contributed by atoms with Crippen molar-refractivity contribution in [3.63, 3.8) is 0 Å². The molecule has 1 unspecified atom stereocenters. The zero-order valence-electron chi connectivity index (χ0n) is 9.75. The normalized spacial score (nSPS) is 26.9. The Hall–Kier alpha value is -0.340. The summed E-state index contributed by atoms with van der Waals surface area (Å²) in [5, 5.41) is 3.50. The lowest BCUT2D eigenvalue weighted by Gasteiger charge is -2.26. The van der Waals surface area contributed by atoms with E-state index in [9.17, 15) is 0 Å². The van der Waals surface area contributed by atoms with Gasteiger partial charge in [-0.05, 0) is 57.7 Å². The molecule has 2 heteroatoms. The lowest BCUT2D eigenvalue weighted by atomic mass is 9.96. The molecule has 0 radical (unpaired) electrons. The van der Waals surface area contributed by atoms with Crippen LogP contribution in [0, 0.1) is 5.92 Å². The fourth-order valence-corrected chi connectivity index (χ4v) is 2.55. The standard InChI is InChI=1S/C13H24N2/c1-2-9-15(13-5-6-13)10-7-12-4-3-8-14-11-12/h2,12-14H,1,3-11H2. The highest BCUT2D eigenvalue weighted by molar-refractivity contribution is 4.88. The average molecular weight is 208 g/mol. The molecule has 2 aliphatic rings. The van der Waals surface area contributed by atoms with E-state index in [1.54, 1.807) is 0 Å². The molecule has 1 atom stereocenters. The predicted octanol–water partition coefficient (Wildman–Crippen LogP) is 2.03. The summed E-state index contributed by atoms with van der Waals surface area (Å²) in [4.78, 5) is 2.61. The van der Waals surface area contributed by atoms with Crippen LogP contribution < -0.4 is 5.32 Å². The van der Waals surface area contributed by atoms with Crippen LogP contribution in [-0.2, 0) is 0 Å². The third-order valence-electron chi connectivity index (χ3n) is 3.65. The molecule has 2 fully saturated rings. The third kappa shape index (κ3) is 3.62. The average Bonchev–Trinajstić information content (AvgIpc) is 3.09. The molecule has 2 rings (SSSR count). The highest BCUT2D eigenvalue weighted by Gasteiger charge is 2.28. The van der Waals surface area contributed by atoms with E-state index < -0.39 is 0 Å². The van der Waals surface area contributed by atoms with Crippen LogP contribution in [0.3, 0.4) is 0 Å². The van der Waals surface area contributed by atoms with Crippen LogP contribution >= 0.6 is 0 Å². The predicted molar refractivity (Wildman–Crippen MR) is 65.0 cm³/mol. The van der Waals surface area contributed by atoms with Gasteiger partial charge in [0, 0.05) is 12.6 Å². The maximum absolute atomic E-state index is 3.85. The van der Waals surface area contributed by atoms with Gasteiger partial charge >= 0.3 is 0 Å². The van der Waals surface area contributed by atoms with Gasteiger partial charge in [-0.1, -0.05) is 6.08 Å². The fourth-order valence-electron chi connectivity index (χ4n) is 2.55. The first-order chi connectivity index (χ1) is 7.40. The molecule has 1 N–H and O–H groups in total. The van der Waals surface area contributed by atoms with E-state index in [1.165, 1.54) is 51.7 Å². The van der Waals surface area contributed by atoms with Gasteiger partial charge < -0.3 is 5.32 Å². The number of hydrogen-bond acceptors (Lipinski definition) is 2. The molecule has 1 heterocycles. The van der Waals surface area contributed by atoms with Gasteiger partial charge in [0.25, 0.3) is 0 Å². The van der Waals surface area contributed by atoms with E-state index in [0.717, 1.165) is 18.5 Å². The molecular weight excluding hydrogens is 184 g/mol. The van der Waals surface area contributed by atoms with Crippen LogP contribution in [0.1, 0.15) is 32.1 Å². The Balaban J connectivity index is 1.67. The number of hydrogen-bond donors (Lipinski definition) is 1. The minimum Gasteiger partial charge on any atom is -0.316 e. The van der Waals surface area contributed by atoms with Crippen LogP contribution in [0.25, 0.3) is 0 Å². The van der Waals surface area contributed by atoms with E-state index in [2.05, 4.69) is 22.9 Å². The third-order valence-corrected chi connectivity index (χ3v) is 3.65. The first-order valence-corrected chi connectivity index (χ1v) is 6.46. The summed E-state index contributed by atoms with van der Waals surface area (Å²) < 4.78 is 0. The van der Waals surface area contributed by atoms with Crippen molar-refractivity contribution < 1.29 is 0 Å². The van der Waals surface area contributed by atoms with Gasteiger partial charge in [0.2, 0.25) is 0 Å². The molecule has 1 aliphatic heterocycles. The van der Waals surface area contributed by atoms with Gasteiger partial charge in [0.05, 0.1) is 0 Å². The quantitative estimate of drug-likeness (QED) is 0.672. The van der Waals surface area contributed by atoms with Crippen LogP contribution in [-0.4, -0.2) is 37.1 Å². The Morgan fingerprint density at radius 1 is 1.33 bits per heavy atom. The molecule has 0 bridgehead atoms. The van der Waals surface area contributed by atoms with Gasteiger partial charge in [0.15, 0.2) is 0 Å². The Morgan fingerprint density at radius 3 is 2.80 bits per heavy atom. The van der Waals surface area contributed by atoms with Crippen molar-refractivity contribution >= 4 is 0 Å². The summed E-state index contributed by atoms with van der Waals surface area (Å²) in [6.45, 7) is 8.69. The van der Waals surface area contributed by atoms with Crippen molar-refractivity contribution in [1.82, 2.24) is 10.2 Å². The summed E-state index contributed by atoms with van der Waals surface area (Å²) in [5.41, 5.74) is 0. The largest absolute Gasteiger partial charge is 0.316 e. The summed E-state index contributed by atoms with van der Waals surface area (Å²) in [6, 6.07) is 0.888. The maximum Gasteiger partial charge on any atom is 0.0163 e. The van der Waals surface area contributed by atoms with E-state index in [1.807, 2.05) is 0 Å². The molecule has 0 aromatic heterocycles. The van der Waals surface area contributed by atoms with Crippen LogP contribution in [0.4, 0.5) is 0 Å². The number of nitrogens with zero attached hydrogens (tertiary/aromatic N) is 1. The van der Waals surface area contributed by atoms with Crippen molar-refractivity contribution in [2.24, 2.45) is 5.92 Å². The number of nitrogens with one attached hydrogen (secondary N) is 1. The van der Waals surface area contributed by atoms with Gasteiger partial charge in [-0.25, -0.2) is 0 Å². The number of piperidine rings is 1. The minimum atomic E-state index is 0.888. The SMILES string of the molecule is C=CCN(CCC1CCCNC1)C1CC1. The summed E-state index contributed by atoms with van der Waals surface area (Å²) in [6.07, 6.45) is 9.05. The lowest BCUT2D eigenvalue weighted by molar-refractivity contribution is 0.247. The molecule has 1 saturated carbocycles. The molecule has 2 nitrogen and oxygen atoms in total.